The zero-order chi connectivity index (χ0) is 10.1. The van der Waals surface area contributed by atoms with Gasteiger partial charge in [-0.05, 0) is 23.6 Å². The Morgan fingerprint density at radius 3 is 2.54 bits per heavy atom. The van der Waals surface area contributed by atoms with Crippen LogP contribution in [0.1, 0.15) is 25.3 Å². The fraction of sp³-hybridized carbons (Fsp3) is 0.375. The molecule has 0 aliphatic heterocycles. The summed E-state index contributed by atoms with van der Waals surface area (Å²) >= 11 is 0. The van der Waals surface area contributed by atoms with Gasteiger partial charge in [-0.15, -0.1) is 0 Å². The van der Waals surface area contributed by atoms with Crippen molar-refractivity contribution < 1.29 is 8.42 Å². The molecule has 0 saturated heterocycles. The van der Waals surface area contributed by atoms with Crippen LogP contribution in [0.25, 0.3) is 0 Å². The molecular formula is C8H10ClNO2S. The molecule has 0 N–H and O–H groups in total. The van der Waals surface area contributed by atoms with Gasteiger partial charge in [0.25, 0.3) is 9.05 Å². The maximum Gasteiger partial charge on any atom is 0.278 e. The molecule has 0 fully saturated rings. The highest BCUT2D eigenvalue weighted by atomic mass is 35.7. The van der Waals surface area contributed by atoms with Gasteiger partial charge in [0.1, 0.15) is 0 Å². The van der Waals surface area contributed by atoms with Crippen LogP contribution in [-0.2, 0) is 9.05 Å². The number of nitrogens with zero attached hydrogens (tertiary/aromatic N) is 1. The van der Waals surface area contributed by atoms with Crippen molar-refractivity contribution in [2.45, 2.75) is 24.8 Å². The predicted molar refractivity (Wildman–Crippen MR) is 51.4 cm³/mol. The highest BCUT2D eigenvalue weighted by molar-refractivity contribution is 8.13. The van der Waals surface area contributed by atoms with Crippen LogP contribution < -0.4 is 0 Å². The monoisotopic (exact) mass is 219 g/mol. The molecule has 0 atom stereocenters. The first kappa shape index (κ1) is 10.5. The first-order valence-corrected chi connectivity index (χ1v) is 6.13. The largest absolute Gasteiger partial charge is 0.278 e. The molecule has 0 aliphatic rings. The summed E-state index contributed by atoms with van der Waals surface area (Å²) in [6, 6.07) is 3.27. The first-order chi connectivity index (χ1) is 5.91. The lowest BCUT2D eigenvalue weighted by molar-refractivity contribution is 0.605. The minimum atomic E-state index is -3.70. The predicted octanol–water partition coefficient (Wildman–Crippen LogP) is 2.13. The fourth-order valence-corrected chi connectivity index (χ4v) is 1.63. The van der Waals surface area contributed by atoms with Gasteiger partial charge in [0, 0.05) is 16.9 Å². The van der Waals surface area contributed by atoms with Crippen molar-refractivity contribution in [2.75, 3.05) is 0 Å². The molecule has 72 valence electrons. The topological polar surface area (TPSA) is 47.0 Å². The summed E-state index contributed by atoms with van der Waals surface area (Å²) in [5.74, 6) is 0.264. The van der Waals surface area contributed by atoms with Crippen LogP contribution in [0.3, 0.4) is 0 Å². The van der Waals surface area contributed by atoms with E-state index >= 15 is 0 Å². The molecule has 0 aliphatic carbocycles. The average Bonchev–Trinajstić information content (AvgIpc) is 2.03. The van der Waals surface area contributed by atoms with E-state index in [-0.39, 0.29) is 10.9 Å². The Kier molecular flexibility index (Phi) is 2.93. The lowest BCUT2D eigenvalue weighted by Crippen LogP contribution is -1.97. The maximum absolute atomic E-state index is 10.9. The van der Waals surface area contributed by atoms with Gasteiger partial charge in [-0.25, -0.2) is 13.4 Å². The lowest BCUT2D eigenvalue weighted by atomic mass is 10.1. The minimum absolute atomic E-state index is 0.0830. The summed E-state index contributed by atoms with van der Waals surface area (Å²) in [5.41, 5.74) is 0.911. The van der Waals surface area contributed by atoms with Crippen molar-refractivity contribution in [1.82, 2.24) is 4.98 Å². The van der Waals surface area contributed by atoms with Crippen molar-refractivity contribution in [3.63, 3.8) is 0 Å². The molecule has 0 saturated carbocycles. The van der Waals surface area contributed by atoms with E-state index in [1.165, 1.54) is 12.3 Å². The zero-order valence-corrected chi connectivity index (χ0v) is 8.93. The molecule has 0 radical (unpaired) electrons. The van der Waals surface area contributed by atoms with Crippen LogP contribution in [0.5, 0.6) is 0 Å². The molecule has 0 amide bonds. The van der Waals surface area contributed by atoms with Crippen LogP contribution in [0.15, 0.2) is 23.4 Å². The van der Waals surface area contributed by atoms with Gasteiger partial charge in [-0.1, -0.05) is 13.8 Å². The summed E-state index contributed by atoms with van der Waals surface area (Å²) in [7, 11) is 1.45. The van der Waals surface area contributed by atoms with E-state index in [0.29, 0.717) is 0 Å². The quantitative estimate of drug-likeness (QED) is 0.716. The number of hydrogen-bond donors (Lipinski definition) is 0. The summed E-state index contributed by atoms with van der Waals surface area (Å²) in [6.45, 7) is 3.94. The Bertz CT molecular complexity index is 400. The van der Waals surface area contributed by atoms with Gasteiger partial charge in [-0.3, -0.25) is 0 Å². The second-order valence-electron chi connectivity index (χ2n) is 3.02. The van der Waals surface area contributed by atoms with E-state index in [1.807, 2.05) is 13.8 Å². The molecule has 0 bridgehead atoms. The third-order valence-electron chi connectivity index (χ3n) is 1.68. The van der Waals surface area contributed by atoms with Crippen LogP contribution >= 0.6 is 10.7 Å². The smallest absolute Gasteiger partial charge is 0.244 e. The van der Waals surface area contributed by atoms with Gasteiger partial charge in [-0.2, -0.15) is 0 Å². The Morgan fingerprint density at radius 2 is 2.08 bits per heavy atom. The third-order valence-corrected chi connectivity index (χ3v) is 2.87. The van der Waals surface area contributed by atoms with E-state index in [9.17, 15) is 8.42 Å². The molecule has 1 heterocycles. The molecule has 1 aromatic rings. The fourth-order valence-electron chi connectivity index (χ4n) is 0.917. The number of pyridine rings is 1. The SMILES string of the molecule is CC(C)c1ccnc(S(=O)(=O)Cl)c1. The van der Waals surface area contributed by atoms with E-state index in [2.05, 4.69) is 4.98 Å². The Hall–Kier alpha value is -0.610. The van der Waals surface area contributed by atoms with Crippen LogP contribution in [-0.4, -0.2) is 13.4 Å². The Balaban J connectivity index is 3.21. The summed E-state index contributed by atoms with van der Waals surface area (Å²) in [5, 5.41) is -0.0830. The second kappa shape index (κ2) is 3.64. The molecule has 0 spiro atoms. The average molecular weight is 220 g/mol. The highest BCUT2D eigenvalue weighted by Crippen LogP contribution is 2.18. The normalized spacial score (nSPS) is 12.0. The number of aromatic nitrogens is 1. The Labute approximate surface area is 82.2 Å². The number of hydrogen-bond acceptors (Lipinski definition) is 3. The lowest BCUT2D eigenvalue weighted by Gasteiger charge is -2.04. The van der Waals surface area contributed by atoms with E-state index in [1.54, 1.807) is 6.07 Å². The molecular weight excluding hydrogens is 210 g/mol. The number of halogens is 1. The van der Waals surface area contributed by atoms with Gasteiger partial charge in [0.05, 0.1) is 0 Å². The Morgan fingerprint density at radius 1 is 1.46 bits per heavy atom. The maximum atomic E-state index is 10.9. The van der Waals surface area contributed by atoms with Crippen LogP contribution in [0, 0.1) is 0 Å². The van der Waals surface area contributed by atoms with Crippen LogP contribution in [0.2, 0.25) is 0 Å². The van der Waals surface area contributed by atoms with Crippen molar-refractivity contribution >= 4 is 19.7 Å². The molecule has 0 aromatic carbocycles. The molecule has 0 unspecified atom stereocenters. The van der Waals surface area contributed by atoms with Gasteiger partial charge < -0.3 is 0 Å². The second-order valence-corrected chi connectivity index (χ2v) is 5.53. The van der Waals surface area contributed by atoms with Gasteiger partial charge >= 0.3 is 0 Å². The molecule has 1 rings (SSSR count). The molecule has 3 nitrogen and oxygen atoms in total. The number of rotatable bonds is 2. The van der Waals surface area contributed by atoms with E-state index in [0.717, 1.165) is 5.56 Å². The van der Waals surface area contributed by atoms with E-state index < -0.39 is 9.05 Å². The first-order valence-electron chi connectivity index (χ1n) is 3.82. The third kappa shape index (κ3) is 2.67. The van der Waals surface area contributed by atoms with Gasteiger partial charge in [0.15, 0.2) is 5.03 Å². The van der Waals surface area contributed by atoms with Crippen molar-refractivity contribution in [3.8, 4) is 0 Å². The van der Waals surface area contributed by atoms with Gasteiger partial charge in [0.2, 0.25) is 0 Å². The molecule has 13 heavy (non-hydrogen) atoms. The summed E-state index contributed by atoms with van der Waals surface area (Å²) < 4.78 is 21.8. The minimum Gasteiger partial charge on any atom is -0.244 e. The van der Waals surface area contributed by atoms with Crippen molar-refractivity contribution in [1.29, 1.82) is 0 Å². The van der Waals surface area contributed by atoms with E-state index in [4.69, 9.17) is 10.7 Å². The molecule has 1 aromatic heterocycles. The highest BCUT2D eigenvalue weighted by Gasteiger charge is 2.12. The molecule has 5 heteroatoms. The summed E-state index contributed by atoms with van der Waals surface area (Å²) in [6.07, 6.45) is 1.45. The van der Waals surface area contributed by atoms with Crippen LogP contribution in [0.4, 0.5) is 0 Å². The van der Waals surface area contributed by atoms with Crippen molar-refractivity contribution in [2.24, 2.45) is 0 Å². The zero-order valence-electron chi connectivity index (χ0n) is 7.36. The summed E-state index contributed by atoms with van der Waals surface area (Å²) in [4.78, 5) is 3.67. The van der Waals surface area contributed by atoms with Crippen molar-refractivity contribution in [3.05, 3.63) is 23.9 Å². The standard InChI is InChI=1S/C8H10ClNO2S/c1-6(2)7-3-4-10-8(5-7)13(9,11)12/h3-6H,1-2H3.